The lowest BCUT2D eigenvalue weighted by Gasteiger charge is -2.19. The predicted octanol–water partition coefficient (Wildman–Crippen LogP) is 2.09. The minimum Gasteiger partial charge on any atom is -0.493 e. The van der Waals surface area contributed by atoms with Crippen LogP contribution in [0.5, 0.6) is 11.5 Å². The Morgan fingerprint density at radius 3 is 2.50 bits per heavy atom. The smallest absolute Gasteiger partial charge is 0.247 e. The minimum absolute atomic E-state index is 0.0348. The van der Waals surface area contributed by atoms with Crippen LogP contribution in [0, 0.1) is 0 Å². The van der Waals surface area contributed by atoms with E-state index in [4.69, 9.17) is 9.47 Å². The molecule has 0 aromatic heterocycles. The van der Waals surface area contributed by atoms with Crippen molar-refractivity contribution in [2.24, 2.45) is 0 Å². The summed E-state index contributed by atoms with van der Waals surface area (Å²) in [6, 6.07) is 5.47. The molecule has 2 amide bonds. The molecule has 0 saturated carbocycles. The first-order valence-corrected chi connectivity index (χ1v) is 7.90. The fourth-order valence-electron chi connectivity index (χ4n) is 2.20. The van der Waals surface area contributed by atoms with Gasteiger partial charge in [-0.1, -0.05) is 12.1 Å². The van der Waals surface area contributed by atoms with E-state index >= 15 is 0 Å². The second-order valence-corrected chi connectivity index (χ2v) is 5.49. The van der Waals surface area contributed by atoms with Gasteiger partial charge in [-0.15, -0.1) is 0 Å². The molecule has 0 saturated heterocycles. The average Bonchev–Trinajstić information content (AvgIpc) is 2.56. The van der Waals surface area contributed by atoms with Crippen LogP contribution in [0.25, 0.3) is 6.08 Å². The zero-order chi connectivity index (χ0) is 18.1. The van der Waals surface area contributed by atoms with Crippen LogP contribution in [0.3, 0.4) is 0 Å². The number of carbonyl (C=O) groups excluding carboxylic acids is 2. The van der Waals surface area contributed by atoms with Crippen LogP contribution in [-0.4, -0.2) is 50.1 Å². The third-order valence-corrected chi connectivity index (χ3v) is 3.32. The van der Waals surface area contributed by atoms with E-state index in [1.807, 2.05) is 32.9 Å². The highest BCUT2D eigenvalue weighted by atomic mass is 16.5. The molecule has 1 rings (SSSR count). The van der Waals surface area contributed by atoms with Gasteiger partial charge in [0, 0.05) is 24.2 Å². The van der Waals surface area contributed by atoms with Crippen molar-refractivity contribution in [3.05, 3.63) is 29.8 Å². The molecule has 0 heterocycles. The maximum Gasteiger partial charge on any atom is 0.247 e. The summed E-state index contributed by atoms with van der Waals surface area (Å²) >= 11 is 0. The lowest BCUT2D eigenvalue weighted by molar-refractivity contribution is -0.132. The van der Waals surface area contributed by atoms with Gasteiger partial charge in [0.1, 0.15) is 0 Å². The fraction of sp³-hybridized carbons (Fsp3) is 0.444. The van der Waals surface area contributed by atoms with E-state index < -0.39 is 0 Å². The molecule has 0 spiro atoms. The second kappa shape index (κ2) is 9.60. The van der Waals surface area contributed by atoms with Crippen LogP contribution in [-0.2, 0) is 9.59 Å². The van der Waals surface area contributed by atoms with E-state index in [0.29, 0.717) is 18.0 Å². The summed E-state index contributed by atoms with van der Waals surface area (Å²) < 4.78 is 10.6. The number of rotatable bonds is 8. The van der Waals surface area contributed by atoms with E-state index in [9.17, 15) is 9.59 Å². The van der Waals surface area contributed by atoms with Gasteiger partial charge in [0.05, 0.1) is 20.8 Å². The molecule has 0 aliphatic carbocycles. The summed E-state index contributed by atoms with van der Waals surface area (Å²) in [6.07, 6.45) is 3.09. The fourth-order valence-corrected chi connectivity index (χ4v) is 2.20. The van der Waals surface area contributed by atoms with Crippen molar-refractivity contribution in [1.82, 2.24) is 10.2 Å². The molecular weight excluding hydrogens is 308 g/mol. The molecule has 24 heavy (non-hydrogen) atoms. The topological polar surface area (TPSA) is 67.9 Å². The van der Waals surface area contributed by atoms with Crippen molar-refractivity contribution in [1.29, 1.82) is 0 Å². The summed E-state index contributed by atoms with van der Waals surface area (Å²) in [5.74, 6) is 0.745. The first-order valence-electron chi connectivity index (χ1n) is 7.90. The monoisotopic (exact) mass is 334 g/mol. The first kappa shape index (κ1) is 19.5. The number of hydrogen-bond donors (Lipinski definition) is 1. The van der Waals surface area contributed by atoms with Crippen LogP contribution in [0.15, 0.2) is 24.3 Å². The van der Waals surface area contributed by atoms with E-state index in [1.54, 1.807) is 26.4 Å². The van der Waals surface area contributed by atoms with E-state index in [2.05, 4.69) is 5.32 Å². The molecule has 0 radical (unpaired) electrons. The number of amides is 2. The molecule has 0 aliphatic heterocycles. The van der Waals surface area contributed by atoms with Crippen molar-refractivity contribution < 1.29 is 19.1 Å². The Kier molecular flexibility index (Phi) is 7.82. The van der Waals surface area contributed by atoms with Crippen molar-refractivity contribution >= 4 is 17.9 Å². The van der Waals surface area contributed by atoms with Crippen molar-refractivity contribution in [2.45, 2.75) is 26.8 Å². The molecule has 132 valence electrons. The zero-order valence-electron chi connectivity index (χ0n) is 15.0. The van der Waals surface area contributed by atoms with Crippen molar-refractivity contribution in [2.75, 3.05) is 27.3 Å². The van der Waals surface area contributed by atoms with E-state index in [-0.39, 0.29) is 24.4 Å². The minimum atomic E-state index is -0.235. The normalized spacial score (nSPS) is 10.8. The third kappa shape index (κ3) is 5.61. The Balaban J connectivity index is 2.85. The highest BCUT2D eigenvalue weighted by molar-refractivity contribution is 5.94. The van der Waals surface area contributed by atoms with E-state index in [0.717, 1.165) is 5.56 Å². The molecule has 6 heteroatoms. The van der Waals surface area contributed by atoms with Crippen LogP contribution in [0.1, 0.15) is 26.3 Å². The average molecular weight is 334 g/mol. The van der Waals surface area contributed by atoms with E-state index in [1.165, 1.54) is 11.0 Å². The van der Waals surface area contributed by atoms with Gasteiger partial charge in [-0.05, 0) is 32.9 Å². The Bertz CT molecular complexity index is 597. The number of methoxy groups -OCH3 is 2. The molecule has 1 N–H and O–H groups in total. The molecule has 0 unspecified atom stereocenters. The van der Waals surface area contributed by atoms with Gasteiger partial charge in [-0.2, -0.15) is 0 Å². The molecule has 0 aliphatic rings. The summed E-state index contributed by atoms with van der Waals surface area (Å²) in [6.45, 7) is 6.08. The molecular formula is C18H26N2O4. The second-order valence-electron chi connectivity index (χ2n) is 5.49. The maximum atomic E-state index is 12.3. The highest BCUT2D eigenvalue weighted by Gasteiger charge is 2.14. The number of para-hydroxylation sites is 1. The summed E-state index contributed by atoms with van der Waals surface area (Å²) in [7, 11) is 3.11. The van der Waals surface area contributed by atoms with Crippen molar-refractivity contribution in [3.63, 3.8) is 0 Å². The molecule has 0 bridgehead atoms. The SMILES string of the molecule is CCN(CC(=O)NC(C)C)C(=O)/C=C/c1cccc(OC)c1OC. The number of likely N-dealkylation sites (N-methyl/N-ethyl adjacent to an activating group) is 1. The van der Waals surface area contributed by atoms with Crippen LogP contribution in [0.4, 0.5) is 0 Å². The van der Waals surface area contributed by atoms with Gasteiger partial charge in [0.15, 0.2) is 11.5 Å². The van der Waals surface area contributed by atoms with Crippen LogP contribution in [0.2, 0.25) is 0 Å². The lowest BCUT2D eigenvalue weighted by atomic mass is 10.1. The maximum absolute atomic E-state index is 12.3. The van der Waals surface area contributed by atoms with Gasteiger partial charge in [-0.3, -0.25) is 9.59 Å². The number of ether oxygens (including phenoxy) is 2. The molecule has 1 aromatic rings. The van der Waals surface area contributed by atoms with Gasteiger partial charge >= 0.3 is 0 Å². The van der Waals surface area contributed by atoms with Crippen molar-refractivity contribution in [3.8, 4) is 11.5 Å². The molecule has 6 nitrogen and oxygen atoms in total. The number of benzene rings is 1. The Labute approximate surface area is 143 Å². The van der Waals surface area contributed by atoms with Gasteiger partial charge in [-0.25, -0.2) is 0 Å². The zero-order valence-corrected chi connectivity index (χ0v) is 15.0. The largest absolute Gasteiger partial charge is 0.493 e. The molecule has 0 fully saturated rings. The number of nitrogens with one attached hydrogen (secondary N) is 1. The van der Waals surface area contributed by atoms with Crippen LogP contribution < -0.4 is 14.8 Å². The highest BCUT2D eigenvalue weighted by Crippen LogP contribution is 2.31. The Morgan fingerprint density at radius 2 is 1.96 bits per heavy atom. The standard InChI is InChI=1S/C18H26N2O4/c1-6-20(12-16(21)19-13(2)3)17(22)11-10-14-8-7-9-15(23-4)18(14)24-5/h7-11,13H,6,12H2,1-5H3,(H,19,21)/b11-10+. The molecule has 1 aromatic carbocycles. The Hall–Kier alpha value is -2.50. The third-order valence-electron chi connectivity index (χ3n) is 3.32. The summed E-state index contributed by atoms with van der Waals surface area (Å²) in [5.41, 5.74) is 0.730. The predicted molar refractivity (Wildman–Crippen MR) is 94.1 cm³/mol. The lowest BCUT2D eigenvalue weighted by Crippen LogP contribution is -2.42. The number of nitrogens with zero attached hydrogens (tertiary/aromatic N) is 1. The van der Waals surface area contributed by atoms with Gasteiger partial charge in [0.2, 0.25) is 11.8 Å². The van der Waals surface area contributed by atoms with Crippen LogP contribution >= 0.6 is 0 Å². The Morgan fingerprint density at radius 1 is 1.25 bits per heavy atom. The molecule has 0 atom stereocenters. The van der Waals surface area contributed by atoms with Gasteiger partial charge in [0.25, 0.3) is 0 Å². The first-order chi connectivity index (χ1) is 11.4. The quantitative estimate of drug-likeness (QED) is 0.739. The number of hydrogen-bond acceptors (Lipinski definition) is 4. The number of carbonyl (C=O) groups is 2. The van der Waals surface area contributed by atoms with Gasteiger partial charge < -0.3 is 19.7 Å². The summed E-state index contributed by atoms with van der Waals surface area (Å²) in [4.78, 5) is 25.6. The summed E-state index contributed by atoms with van der Waals surface area (Å²) in [5, 5.41) is 2.78.